The maximum Gasteiger partial charge on any atom is 0.416 e. The van der Waals surface area contributed by atoms with Crippen LogP contribution in [0.2, 0.25) is 0 Å². The van der Waals surface area contributed by atoms with Crippen LogP contribution >= 0.6 is 0 Å². The lowest BCUT2D eigenvalue weighted by Gasteiger charge is -2.11. The largest absolute Gasteiger partial charge is 0.493 e. The second kappa shape index (κ2) is 10.9. The van der Waals surface area contributed by atoms with Gasteiger partial charge in [-0.15, -0.1) is 0 Å². The number of aliphatic hydroxyl groups excluding tert-OH is 1. The van der Waals surface area contributed by atoms with E-state index in [1.54, 1.807) is 19.3 Å². The maximum absolute atomic E-state index is 12.6. The van der Waals surface area contributed by atoms with E-state index in [1.165, 1.54) is 18.4 Å². The molecule has 0 amide bonds. The molecular formula is C24H24F3NO4. The van der Waals surface area contributed by atoms with Crippen LogP contribution in [0, 0.1) is 0 Å². The van der Waals surface area contributed by atoms with Crippen LogP contribution in [0.5, 0.6) is 11.5 Å². The fourth-order valence-corrected chi connectivity index (χ4v) is 3.00. The number of rotatable bonds is 10. The second-order valence-corrected chi connectivity index (χ2v) is 7.08. The summed E-state index contributed by atoms with van der Waals surface area (Å²) in [5.41, 5.74) is 1.56. The smallest absolute Gasteiger partial charge is 0.416 e. The van der Waals surface area contributed by atoms with Gasteiger partial charge in [-0.25, -0.2) is 4.98 Å². The molecular weight excluding hydrogens is 423 g/mol. The van der Waals surface area contributed by atoms with E-state index < -0.39 is 11.7 Å². The number of aryl methyl sites for hydroxylation is 1. The average Bonchev–Trinajstić information content (AvgIpc) is 3.24. The molecule has 8 heteroatoms. The van der Waals surface area contributed by atoms with Crippen molar-refractivity contribution in [1.82, 2.24) is 4.98 Å². The highest BCUT2D eigenvalue weighted by atomic mass is 19.4. The third-order valence-corrected chi connectivity index (χ3v) is 4.70. The molecule has 0 aliphatic rings. The number of unbranched alkanes of at least 4 members (excludes halogenated alkanes) is 1. The van der Waals surface area contributed by atoms with E-state index >= 15 is 0 Å². The van der Waals surface area contributed by atoms with Gasteiger partial charge in [-0.1, -0.05) is 18.2 Å². The summed E-state index contributed by atoms with van der Waals surface area (Å²) in [6, 6.07) is 10.5. The van der Waals surface area contributed by atoms with Gasteiger partial charge >= 0.3 is 6.18 Å². The Labute approximate surface area is 184 Å². The summed E-state index contributed by atoms with van der Waals surface area (Å²) in [5.74, 6) is 1.50. The van der Waals surface area contributed by atoms with Gasteiger partial charge < -0.3 is 19.0 Å². The highest BCUT2D eigenvalue weighted by molar-refractivity contribution is 5.66. The van der Waals surface area contributed by atoms with Gasteiger partial charge in [0.1, 0.15) is 18.6 Å². The molecule has 0 saturated carbocycles. The standard InChI is InChI=1S/C24H24F3NO4/c1-30-22-14-18(4-2-3-13-29)7-11-21(22)31-15-20-16-32-23(28-20)12-8-17-5-9-19(10-6-17)24(25,26)27/h5-12,14,16,29H,2-4,13,15H2,1H3/b12-8+. The van der Waals surface area contributed by atoms with Gasteiger partial charge in [-0.3, -0.25) is 0 Å². The topological polar surface area (TPSA) is 64.7 Å². The average molecular weight is 447 g/mol. The van der Waals surface area contributed by atoms with E-state index in [2.05, 4.69) is 4.98 Å². The molecule has 3 aromatic rings. The Morgan fingerprint density at radius 2 is 1.81 bits per heavy atom. The molecule has 0 saturated heterocycles. The molecule has 0 bridgehead atoms. The Morgan fingerprint density at radius 3 is 2.50 bits per heavy atom. The number of oxazole rings is 1. The van der Waals surface area contributed by atoms with Crippen LogP contribution in [0.15, 0.2) is 53.1 Å². The molecule has 2 aromatic carbocycles. The monoisotopic (exact) mass is 447 g/mol. The van der Waals surface area contributed by atoms with Crippen LogP contribution in [-0.4, -0.2) is 23.8 Å². The van der Waals surface area contributed by atoms with E-state index in [4.69, 9.17) is 19.0 Å². The molecule has 170 valence electrons. The second-order valence-electron chi connectivity index (χ2n) is 7.08. The molecule has 0 radical (unpaired) electrons. The predicted octanol–water partition coefficient (Wildman–Crippen LogP) is 5.77. The number of hydrogen-bond acceptors (Lipinski definition) is 5. The molecule has 0 fully saturated rings. The number of alkyl halides is 3. The summed E-state index contributed by atoms with van der Waals surface area (Å²) in [4.78, 5) is 4.30. The van der Waals surface area contributed by atoms with Crippen molar-refractivity contribution in [3.8, 4) is 11.5 Å². The van der Waals surface area contributed by atoms with Gasteiger partial charge in [-0.2, -0.15) is 13.2 Å². The van der Waals surface area contributed by atoms with Crippen molar-refractivity contribution in [2.24, 2.45) is 0 Å². The molecule has 0 spiro atoms. The van der Waals surface area contributed by atoms with Crippen LogP contribution in [0.3, 0.4) is 0 Å². The van der Waals surface area contributed by atoms with Gasteiger partial charge in [-0.05, 0) is 60.7 Å². The van der Waals surface area contributed by atoms with Crippen molar-refractivity contribution in [3.05, 3.63) is 77.0 Å². The summed E-state index contributed by atoms with van der Waals surface area (Å²) >= 11 is 0. The fourth-order valence-electron chi connectivity index (χ4n) is 3.00. The number of aromatic nitrogens is 1. The first-order valence-corrected chi connectivity index (χ1v) is 10.1. The van der Waals surface area contributed by atoms with Crippen LogP contribution in [0.1, 0.15) is 41.1 Å². The molecule has 3 rings (SSSR count). The molecule has 1 aromatic heterocycles. The summed E-state index contributed by atoms with van der Waals surface area (Å²) < 4.78 is 54.5. The number of hydrogen-bond donors (Lipinski definition) is 1. The number of methoxy groups -OCH3 is 1. The Kier molecular flexibility index (Phi) is 7.94. The van der Waals surface area contributed by atoms with E-state index in [0.717, 1.165) is 37.0 Å². The molecule has 5 nitrogen and oxygen atoms in total. The van der Waals surface area contributed by atoms with Crippen molar-refractivity contribution in [3.63, 3.8) is 0 Å². The van der Waals surface area contributed by atoms with Crippen LogP contribution in [0.4, 0.5) is 13.2 Å². The third kappa shape index (κ3) is 6.62. The van der Waals surface area contributed by atoms with Crippen LogP contribution in [-0.2, 0) is 19.2 Å². The lowest BCUT2D eigenvalue weighted by molar-refractivity contribution is -0.137. The summed E-state index contributed by atoms with van der Waals surface area (Å²) in [5, 5.41) is 8.90. The van der Waals surface area contributed by atoms with Crippen LogP contribution in [0.25, 0.3) is 12.2 Å². The highest BCUT2D eigenvalue weighted by Crippen LogP contribution is 2.30. The van der Waals surface area contributed by atoms with Crippen molar-refractivity contribution in [2.45, 2.75) is 32.0 Å². The van der Waals surface area contributed by atoms with Gasteiger partial charge in [0.15, 0.2) is 11.5 Å². The van der Waals surface area contributed by atoms with Crippen molar-refractivity contribution >= 4 is 12.2 Å². The minimum absolute atomic E-state index is 0.165. The van der Waals surface area contributed by atoms with Gasteiger partial charge in [0, 0.05) is 12.7 Å². The van der Waals surface area contributed by atoms with E-state index in [1.807, 2.05) is 18.2 Å². The number of benzene rings is 2. The normalized spacial score (nSPS) is 11.8. The van der Waals surface area contributed by atoms with Gasteiger partial charge in [0.05, 0.1) is 12.7 Å². The maximum atomic E-state index is 12.6. The first kappa shape index (κ1) is 23.4. The molecule has 0 aliphatic carbocycles. The molecule has 0 aliphatic heterocycles. The molecule has 0 unspecified atom stereocenters. The number of nitrogens with zero attached hydrogens (tertiary/aromatic N) is 1. The van der Waals surface area contributed by atoms with Gasteiger partial charge in [0.2, 0.25) is 5.89 Å². The summed E-state index contributed by atoms with van der Waals surface area (Å²) in [6.07, 6.45) is 2.78. The minimum atomic E-state index is -4.36. The number of ether oxygens (including phenoxy) is 2. The zero-order valence-electron chi connectivity index (χ0n) is 17.6. The first-order valence-electron chi connectivity index (χ1n) is 10.1. The van der Waals surface area contributed by atoms with Crippen molar-refractivity contribution in [1.29, 1.82) is 0 Å². The number of halogens is 3. The zero-order chi connectivity index (χ0) is 23.0. The number of aliphatic hydroxyl groups is 1. The molecule has 1 heterocycles. The molecule has 0 atom stereocenters. The summed E-state index contributed by atoms with van der Waals surface area (Å²) in [6.45, 7) is 0.343. The Hall–Kier alpha value is -3.26. The third-order valence-electron chi connectivity index (χ3n) is 4.70. The first-order chi connectivity index (χ1) is 15.4. The zero-order valence-corrected chi connectivity index (χ0v) is 17.6. The van der Waals surface area contributed by atoms with E-state index in [9.17, 15) is 13.2 Å². The van der Waals surface area contributed by atoms with Crippen LogP contribution < -0.4 is 9.47 Å². The van der Waals surface area contributed by atoms with E-state index in [-0.39, 0.29) is 13.2 Å². The minimum Gasteiger partial charge on any atom is -0.493 e. The highest BCUT2D eigenvalue weighted by Gasteiger charge is 2.29. The van der Waals surface area contributed by atoms with Gasteiger partial charge in [0.25, 0.3) is 0 Å². The Bertz CT molecular complexity index is 1030. The quantitative estimate of drug-likeness (QED) is 0.400. The summed E-state index contributed by atoms with van der Waals surface area (Å²) in [7, 11) is 1.57. The van der Waals surface area contributed by atoms with Crippen molar-refractivity contribution in [2.75, 3.05) is 13.7 Å². The molecule has 32 heavy (non-hydrogen) atoms. The fraction of sp³-hybridized carbons (Fsp3) is 0.292. The SMILES string of the molecule is COc1cc(CCCCO)ccc1OCc1coc(/C=C/c2ccc(C(F)(F)F)cc2)n1. The van der Waals surface area contributed by atoms with E-state index in [0.29, 0.717) is 28.6 Å². The Balaban J connectivity index is 1.57. The lowest BCUT2D eigenvalue weighted by atomic mass is 10.1. The molecule has 1 N–H and O–H groups in total. The van der Waals surface area contributed by atoms with Crippen molar-refractivity contribution < 1.29 is 32.2 Å². The Morgan fingerprint density at radius 1 is 1.03 bits per heavy atom. The predicted molar refractivity (Wildman–Crippen MR) is 114 cm³/mol. The lowest BCUT2D eigenvalue weighted by Crippen LogP contribution is -2.03.